The number of halogens is 1. The number of hydrogen-bond acceptors (Lipinski definition) is 5. The number of para-hydroxylation sites is 1. The van der Waals surface area contributed by atoms with Crippen molar-refractivity contribution in [3.05, 3.63) is 101 Å². The highest BCUT2D eigenvalue weighted by molar-refractivity contribution is 6.29. The minimum absolute atomic E-state index is 0.0460. The molecule has 0 spiro atoms. The van der Waals surface area contributed by atoms with E-state index in [2.05, 4.69) is 10.2 Å². The average Bonchev–Trinajstić information content (AvgIpc) is 2.77. The summed E-state index contributed by atoms with van der Waals surface area (Å²) in [5, 5.41) is 7.92. The molecule has 0 bridgehead atoms. The van der Waals surface area contributed by atoms with Crippen LogP contribution in [-0.4, -0.2) is 16.2 Å². The van der Waals surface area contributed by atoms with Crippen molar-refractivity contribution in [1.82, 2.24) is 10.2 Å². The first-order valence-corrected chi connectivity index (χ1v) is 9.63. The number of nitrogens with zero attached hydrogens (tertiary/aromatic N) is 2. The molecule has 0 radical (unpaired) electrons. The van der Waals surface area contributed by atoms with Crippen LogP contribution in [0.15, 0.2) is 84.9 Å². The van der Waals surface area contributed by atoms with Gasteiger partial charge in [-0.25, -0.2) is 4.79 Å². The molecular formula is C24H17ClN2O3. The number of esters is 1. The van der Waals surface area contributed by atoms with Crippen LogP contribution in [0.1, 0.15) is 15.9 Å². The highest BCUT2D eigenvalue weighted by Crippen LogP contribution is 2.36. The molecule has 0 unspecified atom stereocenters. The summed E-state index contributed by atoms with van der Waals surface area (Å²) < 4.78 is 11.6. The number of carbonyl (C=O) groups is 1. The largest absolute Gasteiger partial charge is 0.434 e. The molecule has 5 nitrogen and oxygen atoms in total. The van der Waals surface area contributed by atoms with E-state index in [0.29, 0.717) is 11.3 Å². The number of benzene rings is 3. The fourth-order valence-corrected chi connectivity index (χ4v) is 3.09. The van der Waals surface area contributed by atoms with Gasteiger partial charge in [-0.1, -0.05) is 78.3 Å². The summed E-state index contributed by atoms with van der Waals surface area (Å²) in [5.41, 5.74) is 3.09. The van der Waals surface area contributed by atoms with Crippen LogP contribution in [0.3, 0.4) is 0 Å². The van der Waals surface area contributed by atoms with Gasteiger partial charge in [0.25, 0.3) is 5.88 Å². The minimum Gasteiger partial charge on any atom is -0.434 e. The molecule has 3 aromatic carbocycles. The number of aryl methyl sites for hydroxylation is 1. The monoisotopic (exact) mass is 416 g/mol. The summed E-state index contributed by atoms with van der Waals surface area (Å²) >= 11 is 5.99. The van der Waals surface area contributed by atoms with Gasteiger partial charge in [-0.15, -0.1) is 10.2 Å². The number of hydrogen-bond donors (Lipinski definition) is 0. The summed E-state index contributed by atoms with van der Waals surface area (Å²) in [6.07, 6.45) is 0. The van der Waals surface area contributed by atoms with Gasteiger partial charge in [0, 0.05) is 11.6 Å². The molecule has 0 fully saturated rings. The summed E-state index contributed by atoms with van der Waals surface area (Å²) in [5.74, 6) is 0.155. The Bertz CT molecular complexity index is 1200. The van der Waals surface area contributed by atoms with Gasteiger partial charge < -0.3 is 9.47 Å². The Labute approximate surface area is 178 Å². The molecule has 6 heteroatoms. The van der Waals surface area contributed by atoms with Crippen molar-refractivity contribution >= 4 is 17.6 Å². The van der Waals surface area contributed by atoms with E-state index in [-0.39, 0.29) is 16.8 Å². The third-order valence-electron chi connectivity index (χ3n) is 4.44. The lowest BCUT2D eigenvalue weighted by Crippen LogP contribution is -2.11. The van der Waals surface area contributed by atoms with Crippen molar-refractivity contribution in [2.45, 2.75) is 6.92 Å². The summed E-state index contributed by atoms with van der Waals surface area (Å²) in [4.78, 5) is 12.7. The smallest absolute Gasteiger partial charge is 0.343 e. The fraction of sp³-hybridized carbons (Fsp3) is 0.0417. The Hall–Kier alpha value is -3.70. The zero-order valence-electron chi connectivity index (χ0n) is 16.1. The van der Waals surface area contributed by atoms with Crippen LogP contribution < -0.4 is 9.47 Å². The first-order chi connectivity index (χ1) is 14.6. The van der Waals surface area contributed by atoms with E-state index in [4.69, 9.17) is 21.1 Å². The highest BCUT2D eigenvalue weighted by Gasteiger charge is 2.18. The molecule has 0 saturated carbocycles. The van der Waals surface area contributed by atoms with E-state index < -0.39 is 5.97 Å². The SMILES string of the molecule is Cc1ccccc1C(=O)Oc1cc(Cl)nnc1Oc1ccccc1-c1ccccc1. The number of carbonyl (C=O) groups excluding carboxylic acids is 1. The fourth-order valence-electron chi connectivity index (χ4n) is 2.96. The molecule has 0 atom stereocenters. The third-order valence-corrected chi connectivity index (χ3v) is 4.63. The quantitative estimate of drug-likeness (QED) is 0.367. The lowest BCUT2D eigenvalue weighted by atomic mass is 10.1. The maximum Gasteiger partial charge on any atom is 0.343 e. The maximum absolute atomic E-state index is 12.7. The van der Waals surface area contributed by atoms with E-state index in [1.54, 1.807) is 12.1 Å². The van der Waals surface area contributed by atoms with Gasteiger partial charge in [-0.2, -0.15) is 0 Å². The van der Waals surface area contributed by atoms with E-state index in [0.717, 1.165) is 16.7 Å². The van der Waals surface area contributed by atoms with Crippen molar-refractivity contribution in [3.63, 3.8) is 0 Å². The van der Waals surface area contributed by atoms with Crippen LogP contribution in [0.2, 0.25) is 5.15 Å². The van der Waals surface area contributed by atoms with Crippen molar-refractivity contribution in [1.29, 1.82) is 0 Å². The molecule has 0 N–H and O–H groups in total. The summed E-state index contributed by atoms with van der Waals surface area (Å²) in [7, 11) is 0. The van der Waals surface area contributed by atoms with Crippen molar-refractivity contribution in [2.75, 3.05) is 0 Å². The van der Waals surface area contributed by atoms with E-state index in [1.165, 1.54) is 6.07 Å². The first kappa shape index (κ1) is 19.6. The molecule has 30 heavy (non-hydrogen) atoms. The van der Waals surface area contributed by atoms with E-state index in [9.17, 15) is 4.79 Å². The molecule has 1 aromatic heterocycles. The number of rotatable bonds is 5. The van der Waals surface area contributed by atoms with Gasteiger partial charge in [-0.05, 0) is 30.2 Å². The van der Waals surface area contributed by atoms with Gasteiger partial charge in [0.2, 0.25) is 0 Å². The summed E-state index contributed by atoms with van der Waals surface area (Å²) in [6, 6.07) is 25.9. The predicted molar refractivity (Wildman–Crippen MR) is 115 cm³/mol. The third kappa shape index (κ3) is 4.31. The second kappa shape index (κ2) is 8.76. The van der Waals surface area contributed by atoms with Crippen LogP contribution in [0.4, 0.5) is 0 Å². The molecule has 0 aliphatic carbocycles. The molecule has 0 aliphatic heterocycles. The Morgan fingerprint density at radius 1 is 0.833 bits per heavy atom. The van der Waals surface area contributed by atoms with Crippen LogP contribution in [0, 0.1) is 6.92 Å². The maximum atomic E-state index is 12.7. The number of ether oxygens (including phenoxy) is 2. The van der Waals surface area contributed by atoms with Crippen molar-refractivity contribution in [3.8, 4) is 28.5 Å². The predicted octanol–water partition coefficient (Wildman–Crippen LogP) is 6.12. The lowest BCUT2D eigenvalue weighted by molar-refractivity contribution is 0.0728. The Morgan fingerprint density at radius 2 is 1.53 bits per heavy atom. The van der Waals surface area contributed by atoms with Crippen LogP contribution >= 0.6 is 11.6 Å². The average molecular weight is 417 g/mol. The van der Waals surface area contributed by atoms with E-state index in [1.807, 2.05) is 73.7 Å². The summed E-state index contributed by atoms with van der Waals surface area (Å²) in [6.45, 7) is 1.84. The minimum atomic E-state index is -0.529. The standard InChI is InChI=1S/C24H17ClN2O3/c1-16-9-5-6-12-18(16)24(28)30-21-15-22(25)26-27-23(21)29-20-14-8-7-13-19(20)17-10-3-2-4-11-17/h2-15H,1H3. The first-order valence-electron chi connectivity index (χ1n) is 9.25. The van der Waals surface area contributed by atoms with Crippen LogP contribution in [-0.2, 0) is 0 Å². The highest BCUT2D eigenvalue weighted by atomic mass is 35.5. The molecule has 4 rings (SSSR count). The van der Waals surface area contributed by atoms with Gasteiger partial charge in [-0.3, -0.25) is 0 Å². The van der Waals surface area contributed by atoms with Crippen molar-refractivity contribution < 1.29 is 14.3 Å². The van der Waals surface area contributed by atoms with Crippen LogP contribution in [0.5, 0.6) is 17.4 Å². The van der Waals surface area contributed by atoms with Crippen molar-refractivity contribution in [2.24, 2.45) is 0 Å². The molecular weight excluding hydrogens is 400 g/mol. The Kier molecular flexibility index (Phi) is 5.72. The second-order valence-electron chi connectivity index (χ2n) is 6.51. The number of aromatic nitrogens is 2. The zero-order valence-corrected chi connectivity index (χ0v) is 16.8. The van der Waals surface area contributed by atoms with Crippen LogP contribution in [0.25, 0.3) is 11.1 Å². The molecule has 0 aliphatic rings. The van der Waals surface area contributed by atoms with Gasteiger partial charge >= 0.3 is 5.97 Å². The molecule has 1 heterocycles. The second-order valence-corrected chi connectivity index (χ2v) is 6.89. The van der Waals surface area contributed by atoms with Gasteiger partial charge in [0.15, 0.2) is 10.9 Å². The Balaban J connectivity index is 1.67. The lowest BCUT2D eigenvalue weighted by Gasteiger charge is -2.13. The van der Waals surface area contributed by atoms with Gasteiger partial charge in [0.1, 0.15) is 5.75 Å². The topological polar surface area (TPSA) is 61.3 Å². The van der Waals surface area contributed by atoms with E-state index >= 15 is 0 Å². The van der Waals surface area contributed by atoms with Gasteiger partial charge in [0.05, 0.1) is 5.56 Å². The Morgan fingerprint density at radius 3 is 2.33 bits per heavy atom. The zero-order chi connectivity index (χ0) is 20.9. The molecule has 148 valence electrons. The normalized spacial score (nSPS) is 10.5. The molecule has 4 aromatic rings. The molecule has 0 saturated heterocycles. The molecule has 0 amide bonds.